The SMILES string of the molecule is CCC(O)(C(=O)N1CCOC2(CCOC2)C1)c1cccc(Cl)c1. The Bertz CT molecular complexity index is 588. The average Bonchev–Trinajstić information content (AvgIpc) is 3.01. The molecular weight excluding hydrogens is 318 g/mol. The van der Waals surface area contributed by atoms with Gasteiger partial charge in [0.25, 0.3) is 5.91 Å². The topological polar surface area (TPSA) is 59.0 Å². The van der Waals surface area contributed by atoms with Crippen LogP contribution in [0.5, 0.6) is 0 Å². The van der Waals surface area contributed by atoms with Gasteiger partial charge in [0.1, 0.15) is 5.60 Å². The number of carbonyl (C=O) groups is 1. The van der Waals surface area contributed by atoms with Crippen LogP contribution in [0.3, 0.4) is 0 Å². The van der Waals surface area contributed by atoms with E-state index in [0.717, 1.165) is 6.42 Å². The smallest absolute Gasteiger partial charge is 0.259 e. The Balaban J connectivity index is 1.84. The minimum Gasteiger partial charge on any atom is -0.378 e. The maximum Gasteiger partial charge on any atom is 0.259 e. The summed E-state index contributed by atoms with van der Waals surface area (Å²) in [5.74, 6) is -0.295. The van der Waals surface area contributed by atoms with Gasteiger partial charge in [0.2, 0.25) is 0 Å². The normalized spacial score (nSPS) is 27.2. The van der Waals surface area contributed by atoms with Crippen molar-refractivity contribution in [3.8, 4) is 0 Å². The maximum absolute atomic E-state index is 13.0. The van der Waals surface area contributed by atoms with Gasteiger partial charge < -0.3 is 19.5 Å². The minimum absolute atomic E-state index is 0.285. The van der Waals surface area contributed by atoms with Gasteiger partial charge in [-0.05, 0) is 24.1 Å². The Morgan fingerprint density at radius 3 is 2.96 bits per heavy atom. The molecule has 126 valence electrons. The number of benzene rings is 1. The van der Waals surface area contributed by atoms with Gasteiger partial charge in [-0.15, -0.1) is 0 Å². The van der Waals surface area contributed by atoms with Gasteiger partial charge in [0, 0.05) is 24.6 Å². The van der Waals surface area contributed by atoms with Crippen LogP contribution in [-0.2, 0) is 19.9 Å². The lowest BCUT2D eigenvalue weighted by molar-refractivity contribution is -0.169. The first-order valence-corrected chi connectivity index (χ1v) is 8.36. The van der Waals surface area contributed by atoms with Crippen molar-refractivity contribution < 1.29 is 19.4 Å². The third-order valence-corrected chi connectivity index (χ3v) is 5.01. The second kappa shape index (κ2) is 6.40. The fraction of sp³-hybridized carbons (Fsp3) is 0.588. The van der Waals surface area contributed by atoms with E-state index in [1.165, 1.54) is 0 Å². The summed E-state index contributed by atoms with van der Waals surface area (Å²) in [7, 11) is 0. The Labute approximate surface area is 141 Å². The van der Waals surface area contributed by atoms with Crippen molar-refractivity contribution in [3.63, 3.8) is 0 Å². The van der Waals surface area contributed by atoms with Crippen molar-refractivity contribution in [1.82, 2.24) is 4.90 Å². The number of amides is 1. The van der Waals surface area contributed by atoms with Gasteiger partial charge in [-0.3, -0.25) is 4.79 Å². The Morgan fingerprint density at radius 1 is 1.48 bits per heavy atom. The van der Waals surface area contributed by atoms with Crippen LogP contribution in [0.1, 0.15) is 25.3 Å². The van der Waals surface area contributed by atoms with E-state index < -0.39 is 11.2 Å². The molecule has 2 unspecified atom stereocenters. The summed E-state index contributed by atoms with van der Waals surface area (Å²) < 4.78 is 11.3. The lowest BCUT2D eigenvalue weighted by Crippen LogP contribution is -2.58. The Hall–Kier alpha value is -1.14. The second-order valence-corrected chi connectivity index (χ2v) is 6.72. The Morgan fingerprint density at radius 2 is 2.30 bits per heavy atom. The van der Waals surface area contributed by atoms with Crippen molar-refractivity contribution in [2.45, 2.75) is 31.0 Å². The van der Waals surface area contributed by atoms with E-state index in [-0.39, 0.29) is 12.3 Å². The van der Waals surface area contributed by atoms with Gasteiger partial charge >= 0.3 is 0 Å². The van der Waals surface area contributed by atoms with Crippen LogP contribution in [-0.4, -0.2) is 54.4 Å². The molecule has 0 aromatic heterocycles. The molecule has 0 saturated carbocycles. The largest absolute Gasteiger partial charge is 0.378 e. The minimum atomic E-state index is -1.57. The van der Waals surface area contributed by atoms with Crippen molar-refractivity contribution >= 4 is 17.5 Å². The molecule has 23 heavy (non-hydrogen) atoms. The third-order valence-electron chi connectivity index (χ3n) is 4.77. The van der Waals surface area contributed by atoms with E-state index >= 15 is 0 Å². The molecule has 2 atom stereocenters. The van der Waals surface area contributed by atoms with E-state index in [1.54, 1.807) is 36.1 Å². The quantitative estimate of drug-likeness (QED) is 0.914. The predicted octanol–water partition coefficient (Wildman–Crippen LogP) is 1.96. The van der Waals surface area contributed by atoms with Crippen LogP contribution < -0.4 is 0 Å². The molecular formula is C17H22ClNO4. The summed E-state index contributed by atoms with van der Waals surface area (Å²) in [5.41, 5.74) is -1.46. The van der Waals surface area contributed by atoms with E-state index in [4.69, 9.17) is 21.1 Å². The van der Waals surface area contributed by atoms with E-state index in [1.807, 2.05) is 0 Å². The molecule has 5 nitrogen and oxygen atoms in total. The highest BCUT2D eigenvalue weighted by Crippen LogP contribution is 2.33. The van der Waals surface area contributed by atoms with Gasteiger partial charge in [0.15, 0.2) is 5.60 Å². The van der Waals surface area contributed by atoms with Crippen LogP contribution in [0.4, 0.5) is 0 Å². The number of morpholine rings is 1. The number of ether oxygens (including phenoxy) is 2. The van der Waals surface area contributed by atoms with Crippen LogP contribution in [0, 0.1) is 0 Å². The third kappa shape index (κ3) is 3.11. The zero-order valence-corrected chi connectivity index (χ0v) is 14.0. The fourth-order valence-electron chi connectivity index (χ4n) is 3.33. The number of hydrogen-bond acceptors (Lipinski definition) is 4. The molecule has 6 heteroatoms. The van der Waals surface area contributed by atoms with Crippen LogP contribution in [0.15, 0.2) is 24.3 Å². The van der Waals surface area contributed by atoms with E-state index in [0.29, 0.717) is 43.5 Å². The highest BCUT2D eigenvalue weighted by molar-refractivity contribution is 6.30. The average molecular weight is 340 g/mol. The molecule has 1 aromatic carbocycles. The van der Waals surface area contributed by atoms with Gasteiger partial charge in [0.05, 0.1) is 19.8 Å². The molecule has 1 amide bonds. The molecule has 1 N–H and O–H groups in total. The standard InChI is InChI=1S/C17H22ClNO4/c1-2-17(21,13-4-3-5-14(18)10-13)15(20)19-7-9-23-16(11-19)6-8-22-12-16/h3-5,10,21H,2,6-9,11-12H2,1H3. The highest BCUT2D eigenvalue weighted by Gasteiger charge is 2.46. The number of hydrogen-bond donors (Lipinski definition) is 1. The summed E-state index contributed by atoms with van der Waals surface area (Å²) in [6, 6.07) is 6.86. The molecule has 0 aliphatic carbocycles. The first kappa shape index (κ1) is 16.7. The van der Waals surface area contributed by atoms with Gasteiger partial charge in [-0.1, -0.05) is 30.7 Å². The summed E-state index contributed by atoms with van der Waals surface area (Å²) in [5, 5.41) is 11.6. The zero-order chi connectivity index (χ0) is 16.5. The summed E-state index contributed by atoms with van der Waals surface area (Å²) in [4.78, 5) is 14.7. The molecule has 2 heterocycles. The number of nitrogens with zero attached hydrogens (tertiary/aromatic N) is 1. The molecule has 2 saturated heterocycles. The molecule has 2 aliphatic rings. The predicted molar refractivity (Wildman–Crippen MR) is 86.3 cm³/mol. The number of halogens is 1. The maximum atomic E-state index is 13.0. The molecule has 2 aliphatic heterocycles. The van der Waals surface area contributed by atoms with Crippen LogP contribution >= 0.6 is 11.6 Å². The summed E-state index contributed by atoms with van der Waals surface area (Å²) in [6.45, 7) is 4.34. The first-order valence-electron chi connectivity index (χ1n) is 7.99. The van der Waals surface area contributed by atoms with Crippen molar-refractivity contribution in [1.29, 1.82) is 0 Å². The monoisotopic (exact) mass is 339 g/mol. The van der Waals surface area contributed by atoms with Crippen LogP contribution in [0.2, 0.25) is 5.02 Å². The van der Waals surface area contributed by atoms with Gasteiger partial charge in [-0.2, -0.15) is 0 Å². The fourth-order valence-corrected chi connectivity index (χ4v) is 3.52. The van der Waals surface area contributed by atoms with E-state index in [2.05, 4.69) is 0 Å². The lowest BCUT2D eigenvalue weighted by atomic mass is 9.88. The molecule has 0 bridgehead atoms. The summed E-state index contributed by atoms with van der Waals surface area (Å²) in [6.07, 6.45) is 1.06. The molecule has 1 spiro atoms. The van der Waals surface area contributed by atoms with Crippen molar-refractivity contribution in [3.05, 3.63) is 34.9 Å². The second-order valence-electron chi connectivity index (χ2n) is 6.28. The highest BCUT2D eigenvalue weighted by atomic mass is 35.5. The number of carbonyl (C=O) groups excluding carboxylic acids is 1. The zero-order valence-electron chi connectivity index (χ0n) is 13.3. The molecule has 1 aromatic rings. The molecule has 3 rings (SSSR count). The molecule has 0 radical (unpaired) electrons. The van der Waals surface area contributed by atoms with Crippen molar-refractivity contribution in [2.24, 2.45) is 0 Å². The van der Waals surface area contributed by atoms with E-state index in [9.17, 15) is 9.90 Å². The van der Waals surface area contributed by atoms with Crippen molar-refractivity contribution in [2.75, 3.05) is 32.9 Å². The number of rotatable bonds is 3. The van der Waals surface area contributed by atoms with Crippen LogP contribution in [0.25, 0.3) is 0 Å². The van der Waals surface area contributed by atoms with Gasteiger partial charge in [-0.25, -0.2) is 0 Å². The summed E-state index contributed by atoms with van der Waals surface area (Å²) >= 11 is 6.02. The lowest BCUT2D eigenvalue weighted by Gasteiger charge is -2.42. The molecule has 2 fully saturated rings. The Kier molecular flexibility index (Phi) is 4.65. The number of aliphatic hydroxyl groups is 1. The first-order chi connectivity index (χ1) is 11.0.